The number of likely N-dealkylation sites (N-methyl/N-ethyl adjacent to an activating group) is 1. The first kappa shape index (κ1) is 16.7. The molecule has 1 heterocycles. The molecular weight excluding hydrogens is 276 g/mol. The summed E-state index contributed by atoms with van der Waals surface area (Å²) in [7, 11) is 3.60. The third-order valence-electron chi connectivity index (χ3n) is 3.09. The van der Waals surface area contributed by atoms with E-state index in [9.17, 15) is 14.7 Å². The van der Waals surface area contributed by atoms with Gasteiger partial charge >= 0.3 is 0 Å². The molecule has 1 aromatic heterocycles. The lowest BCUT2D eigenvalue weighted by atomic mass is 10.2. The molecule has 1 N–H and O–H groups in total. The van der Waals surface area contributed by atoms with E-state index in [1.807, 2.05) is 19.9 Å². The number of nitrogens with zero attached hydrogens (tertiary/aromatic N) is 1. The fraction of sp³-hybridized carbons (Fsp3) is 0.571. The molecule has 0 aliphatic rings. The third kappa shape index (κ3) is 5.71. The molecule has 0 aromatic carbocycles. The second-order valence-electron chi connectivity index (χ2n) is 5.65. The summed E-state index contributed by atoms with van der Waals surface area (Å²) >= 11 is 1.69. The number of aryl methyl sites for hydroxylation is 2. The van der Waals surface area contributed by atoms with Crippen LogP contribution in [0.1, 0.15) is 15.3 Å². The Labute approximate surface area is 123 Å². The standard InChI is InChI=1S/C14H22N2O3S/c1-10-7-12(11(2)20-10)8-13(17)15-5-6-16(3,4)9-14(18)19/h7H,5-6,8-9H2,1-4H3,(H-,15,17,18,19). The summed E-state index contributed by atoms with van der Waals surface area (Å²) in [6, 6.07) is 2.04. The van der Waals surface area contributed by atoms with E-state index in [1.165, 1.54) is 9.75 Å². The molecule has 1 rings (SSSR count). The van der Waals surface area contributed by atoms with Crippen LogP contribution in [0.15, 0.2) is 6.07 Å². The van der Waals surface area contributed by atoms with Gasteiger partial charge in [-0.3, -0.25) is 4.79 Å². The van der Waals surface area contributed by atoms with Crippen molar-refractivity contribution in [1.82, 2.24) is 5.32 Å². The van der Waals surface area contributed by atoms with Gasteiger partial charge in [-0.1, -0.05) is 0 Å². The maximum Gasteiger partial charge on any atom is 0.224 e. The van der Waals surface area contributed by atoms with Crippen LogP contribution in [0.3, 0.4) is 0 Å². The maximum absolute atomic E-state index is 11.8. The van der Waals surface area contributed by atoms with Crippen LogP contribution in [0.25, 0.3) is 0 Å². The normalized spacial score (nSPS) is 11.4. The predicted molar refractivity (Wildman–Crippen MR) is 77.4 cm³/mol. The lowest BCUT2D eigenvalue weighted by Gasteiger charge is -2.30. The zero-order valence-electron chi connectivity index (χ0n) is 12.5. The van der Waals surface area contributed by atoms with Crippen molar-refractivity contribution in [2.24, 2.45) is 0 Å². The highest BCUT2D eigenvalue weighted by molar-refractivity contribution is 7.12. The number of carboxylic acids is 1. The molecule has 0 aliphatic heterocycles. The van der Waals surface area contributed by atoms with Crippen molar-refractivity contribution in [2.45, 2.75) is 20.3 Å². The number of carbonyl (C=O) groups is 2. The first-order chi connectivity index (χ1) is 9.19. The Hall–Kier alpha value is -1.40. The fourth-order valence-corrected chi connectivity index (χ4v) is 2.97. The van der Waals surface area contributed by atoms with Crippen molar-refractivity contribution in [3.05, 3.63) is 21.4 Å². The molecule has 1 amide bonds. The molecule has 1 aromatic rings. The number of carboxylic acid groups (broad SMARTS) is 1. The van der Waals surface area contributed by atoms with Crippen LogP contribution in [0.4, 0.5) is 0 Å². The van der Waals surface area contributed by atoms with Crippen molar-refractivity contribution in [3.8, 4) is 0 Å². The molecule has 0 fully saturated rings. The number of carbonyl (C=O) groups excluding carboxylic acids is 2. The maximum atomic E-state index is 11.8. The summed E-state index contributed by atoms with van der Waals surface area (Å²) in [4.78, 5) is 24.8. The second-order valence-corrected chi connectivity index (χ2v) is 7.12. The molecule has 0 radical (unpaired) electrons. The molecule has 0 unspecified atom stereocenters. The molecule has 0 saturated heterocycles. The smallest absolute Gasteiger partial charge is 0.224 e. The number of amides is 1. The highest BCUT2D eigenvalue weighted by atomic mass is 32.1. The second kappa shape index (κ2) is 6.85. The molecule has 0 atom stereocenters. The van der Waals surface area contributed by atoms with Crippen molar-refractivity contribution in [2.75, 3.05) is 33.7 Å². The summed E-state index contributed by atoms with van der Waals surface area (Å²) in [6.07, 6.45) is 0.379. The molecule has 0 aliphatic carbocycles. The van der Waals surface area contributed by atoms with Gasteiger partial charge in [0.25, 0.3) is 0 Å². The van der Waals surface area contributed by atoms with Crippen LogP contribution >= 0.6 is 11.3 Å². The third-order valence-corrected chi connectivity index (χ3v) is 4.10. The van der Waals surface area contributed by atoms with Gasteiger partial charge in [-0.15, -0.1) is 11.3 Å². The molecule has 20 heavy (non-hydrogen) atoms. The SMILES string of the molecule is Cc1cc(CC(=O)NCC[N+](C)(C)CC(=O)[O-])c(C)s1. The first-order valence-electron chi connectivity index (χ1n) is 6.54. The molecule has 0 spiro atoms. The van der Waals surface area contributed by atoms with Crippen LogP contribution in [0.2, 0.25) is 0 Å². The summed E-state index contributed by atoms with van der Waals surface area (Å²) in [5, 5.41) is 13.4. The Bertz CT molecular complexity index is 495. The summed E-state index contributed by atoms with van der Waals surface area (Å²) in [5.74, 6) is -1.11. The molecule has 6 heteroatoms. The zero-order valence-corrected chi connectivity index (χ0v) is 13.3. The minimum absolute atomic E-state index is 0.0284. The predicted octanol–water partition coefficient (Wildman–Crippen LogP) is -0.150. The van der Waals surface area contributed by atoms with E-state index >= 15 is 0 Å². The minimum Gasteiger partial charge on any atom is -0.544 e. The molecule has 0 saturated carbocycles. The Balaban J connectivity index is 2.37. The number of thiophene rings is 1. The van der Waals surface area contributed by atoms with Gasteiger partial charge in [0.05, 0.1) is 39.6 Å². The summed E-state index contributed by atoms with van der Waals surface area (Å²) in [5.41, 5.74) is 1.06. The van der Waals surface area contributed by atoms with Gasteiger partial charge in [-0.25, -0.2) is 0 Å². The van der Waals surface area contributed by atoms with Crippen LogP contribution in [0.5, 0.6) is 0 Å². The molecule has 5 nitrogen and oxygen atoms in total. The fourth-order valence-electron chi connectivity index (χ4n) is 2.02. The Morgan fingerprint density at radius 3 is 2.50 bits per heavy atom. The van der Waals surface area contributed by atoms with E-state index < -0.39 is 5.97 Å². The largest absolute Gasteiger partial charge is 0.544 e. The lowest BCUT2D eigenvalue weighted by Crippen LogP contribution is -2.51. The quantitative estimate of drug-likeness (QED) is 0.712. The van der Waals surface area contributed by atoms with E-state index in [0.717, 1.165) is 5.56 Å². The van der Waals surface area contributed by atoms with Crippen molar-refractivity contribution in [3.63, 3.8) is 0 Å². The lowest BCUT2D eigenvalue weighted by molar-refractivity contribution is -0.883. The monoisotopic (exact) mass is 298 g/mol. The average Bonchev–Trinajstić information content (AvgIpc) is 2.54. The summed E-state index contributed by atoms with van der Waals surface area (Å²) in [6.45, 7) is 5.00. The van der Waals surface area contributed by atoms with Crippen LogP contribution in [0, 0.1) is 13.8 Å². The highest BCUT2D eigenvalue weighted by Gasteiger charge is 2.15. The van der Waals surface area contributed by atoms with Crippen LogP contribution in [-0.2, 0) is 16.0 Å². The Morgan fingerprint density at radius 1 is 1.35 bits per heavy atom. The number of aliphatic carboxylic acids is 1. The minimum atomic E-state index is -1.08. The number of quaternary nitrogens is 1. The van der Waals surface area contributed by atoms with Crippen LogP contribution in [-0.4, -0.2) is 50.1 Å². The average molecular weight is 298 g/mol. The Kier molecular flexibility index (Phi) is 5.71. The number of nitrogens with one attached hydrogen (secondary N) is 1. The van der Waals surface area contributed by atoms with Crippen molar-refractivity contribution in [1.29, 1.82) is 0 Å². The van der Waals surface area contributed by atoms with E-state index in [-0.39, 0.29) is 12.5 Å². The van der Waals surface area contributed by atoms with Gasteiger partial charge in [0.15, 0.2) is 0 Å². The van der Waals surface area contributed by atoms with Gasteiger partial charge in [0.1, 0.15) is 6.54 Å². The first-order valence-corrected chi connectivity index (χ1v) is 7.36. The van der Waals surface area contributed by atoms with Crippen molar-refractivity contribution < 1.29 is 19.2 Å². The highest BCUT2D eigenvalue weighted by Crippen LogP contribution is 2.20. The molecule has 0 bridgehead atoms. The van der Waals surface area contributed by atoms with Gasteiger partial charge in [0.2, 0.25) is 5.91 Å². The van der Waals surface area contributed by atoms with Gasteiger partial charge in [0, 0.05) is 9.75 Å². The van der Waals surface area contributed by atoms with E-state index in [2.05, 4.69) is 5.32 Å². The van der Waals surface area contributed by atoms with E-state index in [0.29, 0.717) is 24.0 Å². The number of rotatable bonds is 7. The van der Waals surface area contributed by atoms with E-state index in [1.54, 1.807) is 25.4 Å². The zero-order chi connectivity index (χ0) is 15.3. The molecule has 112 valence electrons. The van der Waals surface area contributed by atoms with E-state index in [4.69, 9.17) is 0 Å². The van der Waals surface area contributed by atoms with Crippen LogP contribution < -0.4 is 10.4 Å². The van der Waals surface area contributed by atoms with Crippen molar-refractivity contribution >= 4 is 23.2 Å². The molecular formula is C14H22N2O3S. The Morgan fingerprint density at radius 2 is 2.00 bits per heavy atom. The van der Waals surface area contributed by atoms with Gasteiger partial charge in [-0.05, 0) is 25.5 Å². The van der Waals surface area contributed by atoms with Gasteiger partial charge in [-0.2, -0.15) is 0 Å². The topological polar surface area (TPSA) is 69.2 Å². The van der Waals surface area contributed by atoms with Gasteiger partial charge < -0.3 is 19.7 Å². The number of hydrogen-bond donors (Lipinski definition) is 1. The summed E-state index contributed by atoms with van der Waals surface area (Å²) < 4.78 is 0.291. The number of hydrogen-bond acceptors (Lipinski definition) is 4.